The van der Waals surface area contributed by atoms with Crippen LogP contribution in [0, 0.1) is 0 Å². The van der Waals surface area contributed by atoms with E-state index in [0.717, 1.165) is 19.3 Å². The van der Waals surface area contributed by atoms with E-state index in [4.69, 9.17) is 0 Å². The molecule has 0 bridgehead atoms. The maximum atomic E-state index is 11.9. The number of nitrogens with one attached hydrogen (secondary N) is 1. The fourth-order valence-electron chi connectivity index (χ4n) is 2.08. The molecule has 5 nitrogen and oxygen atoms in total. The summed E-state index contributed by atoms with van der Waals surface area (Å²) in [5.41, 5.74) is 0.220. The average Bonchev–Trinajstić information content (AvgIpc) is 2.66. The number of amides is 1. The van der Waals surface area contributed by atoms with E-state index in [1.54, 1.807) is 23.9 Å². The molecular weight excluding hydrogens is 232 g/mol. The van der Waals surface area contributed by atoms with Gasteiger partial charge in [-0.25, -0.2) is 0 Å². The van der Waals surface area contributed by atoms with Crippen molar-refractivity contribution in [2.45, 2.75) is 31.8 Å². The number of nitrogens with zero attached hydrogens (tertiary/aromatic N) is 1. The quantitative estimate of drug-likeness (QED) is 0.779. The van der Waals surface area contributed by atoms with Crippen LogP contribution in [0.4, 0.5) is 0 Å². The predicted octanol–water partition coefficient (Wildman–Crippen LogP) is 0.872. The lowest BCUT2D eigenvalue weighted by atomic mass is 9.80. The van der Waals surface area contributed by atoms with Gasteiger partial charge in [-0.15, -0.1) is 0 Å². The molecular formula is C13H18N2O3. The molecule has 1 aliphatic carbocycles. The first-order valence-corrected chi connectivity index (χ1v) is 6.09. The number of carbonyl (C=O) groups is 2. The molecule has 0 radical (unpaired) electrons. The fourth-order valence-corrected chi connectivity index (χ4v) is 2.08. The van der Waals surface area contributed by atoms with Crippen LogP contribution in [0.1, 0.15) is 47.0 Å². The van der Waals surface area contributed by atoms with Crippen LogP contribution in [0.2, 0.25) is 0 Å². The highest BCUT2D eigenvalue weighted by molar-refractivity contribution is 5.99. The Morgan fingerprint density at radius 3 is 2.61 bits per heavy atom. The van der Waals surface area contributed by atoms with Crippen LogP contribution in [0.3, 0.4) is 0 Å². The van der Waals surface area contributed by atoms with Crippen molar-refractivity contribution in [1.29, 1.82) is 0 Å². The minimum Gasteiger partial charge on any atom is -0.388 e. The average molecular weight is 250 g/mol. The second-order valence-corrected chi connectivity index (χ2v) is 5.04. The molecule has 98 valence electrons. The van der Waals surface area contributed by atoms with E-state index >= 15 is 0 Å². The first kappa shape index (κ1) is 12.8. The van der Waals surface area contributed by atoms with Crippen LogP contribution in [-0.4, -0.2) is 33.5 Å². The monoisotopic (exact) mass is 250 g/mol. The van der Waals surface area contributed by atoms with E-state index in [9.17, 15) is 14.7 Å². The maximum Gasteiger partial charge on any atom is 0.268 e. The zero-order valence-corrected chi connectivity index (χ0v) is 10.7. The molecule has 0 unspecified atom stereocenters. The van der Waals surface area contributed by atoms with Crippen molar-refractivity contribution in [2.24, 2.45) is 7.05 Å². The molecule has 2 N–H and O–H groups in total. The molecule has 1 heterocycles. The van der Waals surface area contributed by atoms with Crippen LogP contribution >= 0.6 is 0 Å². The van der Waals surface area contributed by atoms with E-state index in [-0.39, 0.29) is 18.2 Å². The fraction of sp³-hybridized carbons (Fsp3) is 0.538. The number of aliphatic hydroxyl groups is 1. The number of rotatable bonds is 4. The zero-order chi connectivity index (χ0) is 13.3. The van der Waals surface area contributed by atoms with Crippen molar-refractivity contribution in [3.63, 3.8) is 0 Å². The molecule has 5 heteroatoms. The number of aromatic nitrogens is 1. The Morgan fingerprint density at radius 2 is 2.17 bits per heavy atom. The highest BCUT2D eigenvalue weighted by Crippen LogP contribution is 2.30. The molecule has 1 amide bonds. The number of aryl methyl sites for hydroxylation is 1. The molecule has 18 heavy (non-hydrogen) atoms. The first-order valence-electron chi connectivity index (χ1n) is 6.09. The van der Waals surface area contributed by atoms with Crippen molar-refractivity contribution >= 4 is 11.7 Å². The lowest BCUT2D eigenvalue weighted by Gasteiger charge is -2.36. The number of hydrogen-bond donors (Lipinski definition) is 2. The Morgan fingerprint density at radius 1 is 1.50 bits per heavy atom. The normalized spacial score (nSPS) is 17.1. The molecule has 0 atom stereocenters. The van der Waals surface area contributed by atoms with Crippen molar-refractivity contribution < 1.29 is 14.7 Å². The van der Waals surface area contributed by atoms with Gasteiger partial charge in [0.2, 0.25) is 0 Å². The summed E-state index contributed by atoms with van der Waals surface area (Å²) in [5, 5.41) is 12.6. The number of carbonyl (C=O) groups excluding carboxylic acids is 2. The van der Waals surface area contributed by atoms with Gasteiger partial charge >= 0.3 is 0 Å². The molecule has 0 spiro atoms. The van der Waals surface area contributed by atoms with Gasteiger partial charge < -0.3 is 15.0 Å². The van der Waals surface area contributed by atoms with E-state index in [1.165, 1.54) is 6.92 Å². The molecule has 1 aromatic rings. The SMILES string of the molecule is CC(=O)c1cc(C(=O)NCC2(O)CCC2)n(C)c1. The third kappa shape index (κ3) is 2.46. The Balaban J connectivity index is 2.02. The Kier molecular flexibility index (Phi) is 3.26. The number of Topliss-reactive ketones (excluding diaryl/α,β-unsaturated/α-hetero) is 1. The van der Waals surface area contributed by atoms with Gasteiger partial charge in [-0.2, -0.15) is 0 Å². The van der Waals surface area contributed by atoms with Gasteiger partial charge in [0.25, 0.3) is 5.91 Å². The van der Waals surface area contributed by atoms with Crippen LogP contribution in [-0.2, 0) is 7.05 Å². The third-order valence-electron chi connectivity index (χ3n) is 3.51. The van der Waals surface area contributed by atoms with Crippen molar-refractivity contribution in [2.75, 3.05) is 6.54 Å². The van der Waals surface area contributed by atoms with Gasteiger partial charge in [-0.1, -0.05) is 0 Å². The second-order valence-electron chi connectivity index (χ2n) is 5.04. The summed E-state index contributed by atoms with van der Waals surface area (Å²) >= 11 is 0. The van der Waals surface area contributed by atoms with Crippen LogP contribution in [0.5, 0.6) is 0 Å². The maximum absolute atomic E-state index is 11.9. The summed E-state index contributed by atoms with van der Waals surface area (Å²) in [6, 6.07) is 1.57. The molecule has 1 fully saturated rings. The van der Waals surface area contributed by atoms with E-state index in [0.29, 0.717) is 11.3 Å². The van der Waals surface area contributed by atoms with E-state index in [1.807, 2.05) is 0 Å². The predicted molar refractivity (Wildman–Crippen MR) is 66.6 cm³/mol. The summed E-state index contributed by atoms with van der Waals surface area (Å²) in [6.45, 7) is 1.74. The van der Waals surface area contributed by atoms with Gasteiger partial charge in [0.05, 0.1) is 5.60 Å². The minimum atomic E-state index is -0.732. The highest BCUT2D eigenvalue weighted by Gasteiger charge is 2.34. The Labute approximate surface area is 106 Å². The van der Waals surface area contributed by atoms with E-state index < -0.39 is 5.60 Å². The summed E-state index contributed by atoms with van der Waals surface area (Å²) in [5.74, 6) is -0.326. The molecule has 1 saturated carbocycles. The molecule has 1 aliphatic rings. The largest absolute Gasteiger partial charge is 0.388 e. The lowest BCUT2D eigenvalue weighted by molar-refractivity contribution is -0.0301. The smallest absolute Gasteiger partial charge is 0.268 e. The zero-order valence-electron chi connectivity index (χ0n) is 10.7. The Hall–Kier alpha value is -1.62. The minimum absolute atomic E-state index is 0.0673. The summed E-state index contributed by atoms with van der Waals surface area (Å²) < 4.78 is 1.62. The second kappa shape index (κ2) is 4.57. The summed E-state index contributed by atoms with van der Waals surface area (Å²) in [6.07, 6.45) is 4.11. The number of ketones is 1. The van der Waals surface area contributed by atoms with Gasteiger partial charge in [0, 0.05) is 25.4 Å². The molecule has 1 aromatic heterocycles. The molecule has 2 rings (SSSR count). The van der Waals surface area contributed by atoms with Crippen LogP contribution < -0.4 is 5.32 Å². The summed E-state index contributed by atoms with van der Waals surface area (Å²) in [7, 11) is 1.72. The van der Waals surface area contributed by atoms with Crippen molar-refractivity contribution in [3.05, 3.63) is 23.5 Å². The molecule has 0 aliphatic heterocycles. The van der Waals surface area contributed by atoms with Gasteiger partial charge in [-0.05, 0) is 32.3 Å². The first-order chi connectivity index (χ1) is 8.41. The van der Waals surface area contributed by atoms with E-state index in [2.05, 4.69) is 5.32 Å². The van der Waals surface area contributed by atoms with Crippen LogP contribution in [0.25, 0.3) is 0 Å². The van der Waals surface area contributed by atoms with Crippen molar-refractivity contribution in [3.8, 4) is 0 Å². The number of hydrogen-bond acceptors (Lipinski definition) is 3. The standard InChI is InChI=1S/C13H18N2O3/c1-9(16)10-6-11(15(2)7-10)12(17)14-8-13(18)4-3-5-13/h6-7,18H,3-5,8H2,1-2H3,(H,14,17). The Bertz CT molecular complexity index is 486. The molecule has 0 aromatic carbocycles. The summed E-state index contributed by atoms with van der Waals surface area (Å²) in [4.78, 5) is 23.2. The topological polar surface area (TPSA) is 71.3 Å². The molecule has 0 saturated heterocycles. The van der Waals surface area contributed by atoms with Gasteiger partial charge in [0.1, 0.15) is 5.69 Å². The third-order valence-corrected chi connectivity index (χ3v) is 3.51. The van der Waals surface area contributed by atoms with Crippen molar-refractivity contribution in [1.82, 2.24) is 9.88 Å². The van der Waals surface area contributed by atoms with Crippen LogP contribution in [0.15, 0.2) is 12.3 Å². The van der Waals surface area contributed by atoms with Gasteiger partial charge in [0.15, 0.2) is 5.78 Å². The lowest BCUT2D eigenvalue weighted by Crippen LogP contribution is -2.48. The van der Waals surface area contributed by atoms with Gasteiger partial charge in [-0.3, -0.25) is 9.59 Å². The highest BCUT2D eigenvalue weighted by atomic mass is 16.3.